The minimum atomic E-state index is -2.10. The molecule has 186 valence electrons. The summed E-state index contributed by atoms with van der Waals surface area (Å²) in [5.41, 5.74) is 3.82. The molecule has 0 fully saturated rings. The third-order valence-electron chi connectivity index (χ3n) is 5.39. The zero-order chi connectivity index (χ0) is 26.4. The van der Waals surface area contributed by atoms with E-state index >= 15 is 0 Å². The fraction of sp³-hybridized carbons (Fsp3) is 0.214. The molecule has 8 nitrogen and oxygen atoms in total. The lowest BCUT2D eigenvalue weighted by Crippen LogP contribution is -2.48. The quantitative estimate of drug-likeness (QED) is 0.450. The van der Waals surface area contributed by atoms with Gasteiger partial charge in [-0.15, -0.1) is 0 Å². The molecule has 8 heteroatoms. The molecule has 36 heavy (non-hydrogen) atoms. The van der Waals surface area contributed by atoms with Crippen LogP contribution in [0.25, 0.3) is 0 Å². The van der Waals surface area contributed by atoms with Crippen LogP contribution < -0.4 is 5.32 Å². The smallest absolute Gasteiger partial charge is 0.349 e. The molecule has 2 atom stereocenters. The predicted octanol–water partition coefficient (Wildman–Crippen LogP) is 4.39. The summed E-state index contributed by atoms with van der Waals surface area (Å²) in [6.07, 6.45) is -4.07. The second-order valence-electron chi connectivity index (χ2n) is 8.54. The highest BCUT2D eigenvalue weighted by molar-refractivity contribution is 6.01. The molecular formula is C28H27NO7. The summed E-state index contributed by atoms with van der Waals surface area (Å²) >= 11 is 0. The van der Waals surface area contributed by atoms with E-state index < -0.39 is 36.0 Å². The molecule has 0 aromatic heterocycles. The van der Waals surface area contributed by atoms with Crippen LogP contribution >= 0.6 is 0 Å². The zero-order valence-electron chi connectivity index (χ0n) is 20.4. The third-order valence-corrected chi connectivity index (χ3v) is 5.39. The van der Waals surface area contributed by atoms with Gasteiger partial charge in [0.2, 0.25) is 12.2 Å². The largest absolute Gasteiger partial charge is 0.478 e. The summed E-state index contributed by atoms with van der Waals surface area (Å²) in [5, 5.41) is 12.5. The number of carbonyl (C=O) groups excluding carboxylic acids is 3. The highest BCUT2D eigenvalue weighted by Crippen LogP contribution is 2.20. The number of carboxylic acids is 1. The number of amides is 1. The summed E-state index contributed by atoms with van der Waals surface area (Å²) in [5.74, 6) is -4.50. The maximum absolute atomic E-state index is 13.3. The fourth-order valence-corrected chi connectivity index (χ4v) is 3.56. The van der Waals surface area contributed by atoms with Crippen molar-refractivity contribution in [3.8, 4) is 0 Å². The summed E-state index contributed by atoms with van der Waals surface area (Å²) in [7, 11) is 0. The molecular weight excluding hydrogens is 462 g/mol. The van der Waals surface area contributed by atoms with Gasteiger partial charge in [0.25, 0.3) is 5.91 Å². The van der Waals surface area contributed by atoms with E-state index in [1.807, 2.05) is 13.0 Å². The lowest BCUT2D eigenvalue weighted by atomic mass is 10.1. The first-order chi connectivity index (χ1) is 17.0. The SMILES string of the molecule is Cc1cccc(C(=O)O[C@H](C(=O)O)[C@@H](OC(=O)c2cccc(C)c2)C(=O)Nc2ccc(C)cc2C)c1. The lowest BCUT2D eigenvalue weighted by molar-refractivity contribution is -0.157. The van der Waals surface area contributed by atoms with Crippen molar-refractivity contribution in [2.45, 2.75) is 39.9 Å². The van der Waals surface area contributed by atoms with Gasteiger partial charge in [-0.25, -0.2) is 14.4 Å². The van der Waals surface area contributed by atoms with E-state index in [4.69, 9.17) is 9.47 Å². The Balaban J connectivity index is 1.94. The van der Waals surface area contributed by atoms with Gasteiger partial charge < -0.3 is 19.9 Å². The normalized spacial score (nSPS) is 12.2. The van der Waals surface area contributed by atoms with E-state index in [-0.39, 0.29) is 11.1 Å². The number of ether oxygens (including phenoxy) is 2. The number of esters is 2. The van der Waals surface area contributed by atoms with Crippen LogP contribution in [0.5, 0.6) is 0 Å². The van der Waals surface area contributed by atoms with Crippen molar-refractivity contribution in [1.29, 1.82) is 0 Å². The van der Waals surface area contributed by atoms with Gasteiger partial charge in [-0.2, -0.15) is 0 Å². The third kappa shape index (κ3) is 6.56. The standard InChI is InChI=1S/C28H27NO7/c1-16-7-5-9-20(14-16)27(33)35-23(25(30)29-22-12-11-18(3)13-19(22)4)24(26(31)32)36-28(34)21-10-6-8-17(2)15-21/h5-15,23-24H,1-4H3,(H,29,30)(H,31,32)/t23-,24+/m1/s1. The van der Waals surface area contributed by atoms with Gasteiger partial charge in [0, 0.05) is 5.69 Å². The van der Waals surface area contributed by atoms with Crippen molar-refractivity contribution in [1.82, 2.24) is 0 Å². The maximum atomic E-state index is 13.3. The van der Waals surface area contributed by atoms with Crippen LogP contribution in [0.3, 0.4) is 0 Å². The van der Waals surface area contributed by atoms with Gasteiger partial charge in [-0.1, -0.05) is 53.1 Å². The number of hydrogen-bond donors (Lipinski definition) is 2. The van der Waals surface area contributed by atoms with E-state index in [0.717, 1.165) is 22.3 Å². The molecule has 3 aromatic rings. The molecule has 2 N–H and O–H groups in total. The highest BCUT2D eigenvalue weighted by Gasteiger charge is 2.41. The predicted molar refractivity (Wildman–Crippen MR) is 133 cm³/mol. The van der Waals surface area contributed by atoms with Crippen molar-refractivity contribution in [2.75, 3.05) is 5.32 Å². The highest BCUT2D eigenvalue weighted by atomic mass is 16.6. The molecule has 0 aliphatic heterocycles. The van der Waals surface area contributed by atoms with E-state index in [2.05, 4.69) is 5.32 Å². The average molecular weight is 490 g/mol. The van der Waals surface area contributed by atoms with Crippen LogP contribution in [0, 0.1) is 27.7 Å². The first-order valence-corrected chi connectivity index (χ1v) is 11.2. The second kappa shape index (κ2) is 11.3. The van der Waals surface area contributed by atoms with Crippen LogP contribution in [-0.2, 0) is 19.1 Å². The number of aliphatic carboxylic acids is 1. The van der Waals surface area contributed by atoms with Gasteiger partial charge >= 0.3 is 17.9 Å². The molecule has 1 amide bonds. The van der Waals surface area contributed by atoms with Crippen molar-refractivity contribution in [3.05, 3.63) is 100 Å². The first kappa shape index (κ1) is 26.2. The molecule has 3 aromatic carbocycles. The molecule has 0 radical (unpaired) electrons. The first-order valence-electron chi connectivity index (χ1n) is 11.2. The Hall–Kier alpha value is -4.46. The Morgan fingerprint density at radius 1 is 0.694 bits per heavy atom. The topological polar surface area (TPSA) is 119 Å². The molecule has 0 saturated heterocycles. The molecule has 0 spiro atoms. The summed E-state index contributed by atoms with van der Waals surface area (Å²) < 4.78 is 10.6. The zero-order valence-corrected chi connectivity index (χ0v) is 20.4. The Labute approximate surface area is 208 Å². The van der Waals surface area contributed by atoms with Crippen LogP contribution in [0.2, 0.25) is 0 Å². The summed E-state index contributed by atoms with van der Waals surface area (Å²) in [6, 6.07) is 18.0. The van der Waals surface area contributed by atoms with Crippen LogP contribution in [0.4, 0.5) is 5.69 Å². The summed E-state index contributed by atoms with van der Waals surface area (Å²) in [4.78, 5) is 51.0. The molecule has 0 aliphatic rings. The van der Waals surface area contributed by atoms with Crippen molar-refractivity contribution in [3.63, 3.8) is 0 Å². The average Bonchev–Trinajstić information content (AvgIpc) is 2.82. The number of nitrogens with one attached hydrogen (secondary N) is 1. The number of carboxylic acid groups (broad SMARTS) is 1. The number of aryl methyl sites for hydroxylation is 4. The van der Waals surface area contributed by atoms with E-state index in [1.54, 1.807) is 57.2 Å². The van der Waals surface area contributed by atoms with Crippen LogP contribution in [0.15, 0.2) is 66.7 Å². The number of carbonyl (C=O) groups is 4. The van der Waals surface area contributed by atoms with Crippen molar-refractivity contribution in [2.24, 2.45) is 0 Å². The van der Waals surface area contributed by atoms with Gasteiger partial charge in [0.15, 0.2) is 0 Å². The second-order valence-corrected chi connectivity index (χ2v) is 8.54. The van der Waals surface area contributed by atoms with Gasteiger partial charge in [-0.05, 0) is 63.6 Å². The Morgan fingerprint density at radius 3 is 1.67 bits per heavy atom. The van der Waals surface area contributed by atoms with Crippen LogP contribution in [-0.4, -0.2) is 41.1 Å². The molecule has 0 saturated carbocycles. The number of rotatable bonds is 8. The number of benzene rings is 3. The molecule has 0 unspecified atom stereocenters. The van der Waals surface area contributed by atoms with Crippen LogP contribution in [0.1, 0.15) is 43.0 Å². The Kier molecular flexibility index (Phi) is 8.22. The fourth-order valence-electron chi connectivity index (χ4n) is 3.56. The minimum Gasteiger partial charge on any atom is -0.478 e. The summed E-state index contributed by atoms with van der Waals surface area (Å²) in [6.45, 7) is 7.18. The van der Waals surface area contributed by atoms with E-state index in [1.165, 1.54) is 24.3 Å². The van der Waals surface area contributed by atoms with Gasteiger partial charge in [-0.3, -0.25) is 4.79 Å². The maximum Gasteiger partial charge on any atom is 0.349 e. The molecule has 0 bridgehead atoms. The van der Waals surface area contributed by atoms with Gasteiger partial charge in [0.05, 0.1) is 11.1 Å². The van der Waals surface area contributed by atoms with Crippen molar-refractivity contribution < 1.29 is 33.8 Å². The number of hydrogen-bond acceptors (Lipinski definition) is 6. The Morgan fingerprint density at radius 2 is 1.19 bits per heavy atom. The minimum absolute atomic E-state index is 0.0970. The Bertz CT molecular complexity index is 1310. The molecule has 0 heterocycles. The van der Waals surface area contributed by atoms with E-state index in [9.17, 15) is 24.3 Å². The monoisotopic (exact) mass is 489 g/mol. The lowest BCUT2D eigenvalue weighted by Gasteiger charge is -2.24. The molecule has 0 aliphatic carbocycles. The molecule has 3 rings (SSSR count). The number of anilines is 1. The van der Waals surface area contributed by atoms with Gasteiger partial charge in [0.1, 0.15) is 0 Å². The van der Waals surface area contributed by atoms with Crippen molar-refractivity contribution >= 4 is 29.5 Å². The van der Waals surface area contributed by atoms with E-state index in [0.29, 0.717) is 5.69 Å².